The second-order valence-corrected chi connectivity index (χ2v) is 8.79. The molecule has 0 bridgehead atoms. The van der Waals surface area contributed by atoms with Crippen molar-refractivity contribution in [2.24, 2.45) is 5.92 Å². The first-order valence-corrected chi connectivity index (χ1v) is 10.7. The number of benzene rings is 1. The fourth-order valence-corrected chi connectivity index (χ4v) is 4.76. The van der Waals surface area contributed by atoms with E-state index in [2.05, 4.69) is 15.5 Å². The fraction of sp³-hybridized carbons (Fsp3) is 0.500. The van der Waals surface area contributed by atoms with E-state index >= 15 is 0 Å². The van der Waals surface area contributed by atoms with Gasteiger partial charge in [0, 0.05) is 32.0 Å². The molecule has 2 aromatic rings. The van der Waals surface area contributed by atoms with Crippen LogP contribution in [0.25, 0.3) is 0 Å². The lowest BCUT2D eigenvalue weighted by Crippen LogP contribution is -2.43. The Kier molecular flexibility index (Phi) is 6.58. The first-order valence-electron chi connectivity index (χ1n) is 9.29. The van der Waals surface area contributed by atoms with Gasteiger partial charge < -0.3 is 9.84 Å². The molecule has 1 fully saturated rings. The number of carbonyl (C=O) groups is 1. The molecule has 1 aromatic carbocycles. The Morgan fingerprint density at radius 1 is 1.31 bits per heavy atom. The number of aromatic nitrogens is 2. The van der Waals surface area contributed by atoms with Crippen LogP contribution in [0.2, 0.25) is 0 Å². The van der Waals surface area contributed by atoms with E-state index in [9.17, 15) is 22.0 Å². The smallest absolute Gasteiger partial charge is 0.246 e. The normalized spacial score (nSPS) is 16.1. The van der Waals surface area contributed by atoms with Crippen LogP contribution in [-0.2, 0) is 21.2 Å². The quantitative estimate of drug-likeness (QED) is 0.675. The van der Waals surface area contributed by atoms with Crippen LogP contribution >= 0.6 is 0 Å². The van der Waals surface area contributed by atoms with Crippen molar-refractivity contribution in [2.45, 2.75) is 37.5 Å². The standard InChI is InChI=1S/C18H22F2N4O4S/c1-12-22-17(28-23-12)3-2-8-21-18(25)13-6-9-24(10-7-13)29(26,27)16-11-14(19)4-5-15(16)20/h4-5,11,13H,2-3,6-10H2,1H3,(H,21,25). The van der Waals surface area contributed by atoms with Crippen LogP contribution in [0.3, 0.4) is 0 Å². The molecule has 0 saturated carbocycles. The zero-order valence-corrected chi connectivity index (χ0v) is 16.7. The lowest BCUT2D eigenvalue weighted by atomic mass is 9.97. The third-order valence-electron chi connectivity index (χ3n) is 4.77. The summed E-state index contributed by atoms with van der Waals surface area (Å²) in [4.78, 5) is 15.7. The summed E-state index contributed by atoms with van der Waals surface area (Å²) in [6.07, 6.45) is 1.81. The van der Waals surface area contributed by atoms with Crippen LogP contribution < -0.4 is 5.32 Å². The minimum Gasteiger partial charge on any atom is -0.356 e. The Balaban J connectivity index is 1.48. The second-order valence-electron chi connectivity index (χ2n) is 6.88. The Hall–Kier alpha value is -2.40. The minimum atomic E-state index is -4.15. The van der Waals surface area contributed by atoms with Gasteiger partial charge in [-0.25, -0.2) is 17.2 Å². The van der Waals surface area contributed by atoms with Crippen LogP contribution in [0.5, 0.6) is 0 Å². The summed E-state index contributed by atoms with van der Waals surface area (Å²) in [6, 6.07) is 2.33. The molecular formula is C18H22F2N4O4S. The van der Waals surface area contributed by atoms with Gasteiger partial charge in [0.05, 0.1) is 0 Å². The van der Waals surface area contributed by atoms with Gasteiger partial charge in [-0.05, 0) is 44.4 Å². The van der Waals surface area contributed by atoms with Crippen molar-refractivity contribution in [2.75, 3.05) is 19.6 Å². The maximum atomic E-state index is 13.9. The average molecular weight is 428 g/mol. The van der Waals surface area contributed by atoms with E-state index in [1.54, 1.807) is 6.92 Å². The maximum absolute atomic E-state index is 13.9. The molecule has 0 radical (unpaired) electrons. The second kappa shape index (κ2) is 8.95. The molecule has 2 heterocycles. The Morgan fingerprint density at radius 2 is 2.03 bits per heavy atom. The molecule has 1 amide bonds. The van der Waals surface area contributed by atoms with Gasteiger partial charge in [0.25, 0.3) is 0 Å². The number of rotatable bonds is 7. The number of hydrogen-bond acceptors (Lipinski definition) is 6. The molecule has 3 rings (SSSR count). The summed E-state index contributed by atoms with van der Waals surface area (Å²) >= 11 is 0. The largest absolute Gasteiger partial charge is 0.356 e. The maximum Gasteiger partial charge on any atom is 0.246 e. The molecular weight excluding hydrogens is 406 g/mol. The zero-order chi connectivity index (χ0) is 21.0. The molecule has 0 atom stereocenters. The summed E-state index contributed by atoms with van der Waals surface area (Å²) in [5, 5.41) is 6.52. The molecule has 0 aliphatic carbocycles. The SMILES string of the molecule is Cc1noc(CCCNC(=O)C2CCN(S(=O)(=O)c3cc(F)ccc3F)CC2)n1. The number of aryl methyl sites for hydroxylation is 2. The van der Waals surface area contributed by atoms with Crippen molar-refractivity contribution in [3.05, 3.63) is 41.5 Å². The molecule has 1 aromatic heterocycles. The van der Waals surface area contributed by atoms with Crippen molar-refractivity contribution in [1.29, 1.82) is 0 Å². The molecule has 29 heavy (non-hydrogen) atoms. The molecule has 8 nitrogen and oxygen atoms in total. The number of nitrogens with zero attached hydrogens (tertiary/aromatic N) is 3. The Bertz CT molecular complexity index is 972. The van der Waals surface area contributed by atoms with Crippen molar-refractivity contribution < 1.29 is 26.5 Å². The van der Waals surface area contributed by atoms with Gasteiger partial charge >= 0.3 is 0 Å². The van der Waals surface area contributed by atoms with E-state index in [-0.39, 0.29) is 24.9 Å². The number of piperidine rings is 1. The van der Waals surface area contributed by atoms with Crippen LogP contribution in [0.15, 0.2) is 27.6 Å². The monoisotopic (exact) mass is 428 g/mol. The highest BCUT2D eigenvalue weighted by Gasteiger charge is 2.33. The molecule has 1 aliphatic rings. The highest BCUT2D eigenvalue weighted by molar-refractivity contribution is 7.89. The third kappa shape index (κ3) is 5.15. The zero-order valence-electron chi connectivity index (χ0n) is 15.9. The molecule has 11 heteroatoms. The Morgan fingerprint density at radius 3 is 2.69 bits per heavy atom. The molecule has 1 aliphatic heterocycles. The predicted octanol–water partition coefficient (Wildman–Crippen LogP) is 1.81. The average Bonchev–Trinajstić information content (AvgIpc) is 3.12. The van der Waals surface area contributed by atoms with E-state index < -0.39 is 26.6 Å². The molecule has 0 spiro atoms. The minimum absolute atomic E-state index is 0.0671. The van der Waals surface area contributed by atoms with Crippen molar-refractivity contribution in [3.63, 3.8) is 0 Å². The summed E-state index contributed by atoms with van der Waals surface area (Å²) in [7, 11) is -4.15. The summed E-state index contributed by atoms with van der Waals surface area (Å²) < 4.78 is 58.5. The van der Waals surface area contributed by atoms with Gasteiger partial charge in [0.1, 0.15) is 16.5 Å². The lowest BCUT2D eigenvalue weighted by molar-refractivity contribution is -0.126. The summed E-state index contributed by atoms with van der Waals surface area (Å²) in [5.74, 6) is -1.23. The van der Waals surface area contributed by atoms with Gasteiger partial charge in [0.2, 0.25) is 21.8 Å². The fourth-order valence-electron chi connectivity index (χ4n) is 3.21. The van der Waals surface area contributed by atoms with Gasteiger partial charge in [-0.1, -0.05) is 5.16 Å². The number of amides is 1. The van der Waals surface area contributed by atoms with Crippen LogP contribution in [0, 0.1) is 24.5 Å². The van der Waals surface area contributed by atoms with Gasteiger partial charge in [-0.3, -0.25) is 4.79 Å². The number of sulfonamides is 1. The van der Waals surface area contributed by atoms with Gasteiger partial charge in [-0.15, -0.1) is 0 Å². The van der Waals surface area contributed by atoms with Crippen LogP contribution in [-0.4, -0.2) is 48.4 Å². The van der Waals surface area contributed by atoms with E-state index in [0.29, 0.717) is 50.0 Å². The van der Waals surface area contributed by atoms with E-state index in [1.165, 1.54) is 0 Å². The lowest BCUT2D eigenvalue weighted by Gasteiger charge is -2.30. The van der Waals surface area contributed by atoms with Crippen LogP contribution in [0.4, 0.5) is 8.78 Å². The predicted molar refractivity (Wildman–Crippen MR) is 98.2 cm³/mol. The first kappa shape index (κ1) is 21.3. The molecule has 0 unspecified atom stereocenters. The van der Waals surface area contributed by atoms with Crippen LogP contribution in [0.1, 0.15) is 31.0 Å². The molecule has 1 N–H and O–H groups in total. The molecule has 158 valence electrons. The third-order valence-corrected chi connectivity index (χ3v) is 6.69. The van der Waals surface area contributed by atoms with E-state index in [4.69, 9.17) is 4.52 Å². The topological polar surface area (TPSA) is 105 Å². The highest BCUT2D eigenvalue weighted by Crippen LogP contribution is 2.26. The summed E-state index contributed by atoms with van der Waals surface area (Å²) in [5.41, 5.74) is 0. The van der Waals surface area contributed by atoms with Crippen molar-refractivity contribution in [3.8, 4) is 0 Å². The molecule has 1 saturated heterocycles. The van der Waals surface area contributed by atoms with Crippen molar-refractivity contribution >= 4 is 15.9 Å². The van der Waals surface area contributed by atoms with Gasteiger partial charge in [0.15, 0.2) is 5.82 Å². The number of hydrogen-bond donors (Lipinski definition) is 1. The van der Waals surface area contributed by atoms with E-state index in [0.717, 1.165) is 16.4 Å². The Labute approximate surface area is 167 Å². The highest BCUT2D eigenvalue weighted by atomic mass is 32.2. The van der Waals surface area contributed by atoms with E-state index in [1.807, 2.05) is 0 Å². The number of nitrogens with one attached hydrogen (secondary N) is 1. The van der Waals surface area contributed by atoms with Gasteiger partial charge in [-0.2, -0.15) is 9.29 Å². The number of halogens is 2. The van der Waals surface area contributed by atoms with Crippen molar-refractivity contribution in [1.82, 2.24) is 19.8 Å². The summed E-state index contributed by atoms with van der Waals surface area (Å²) in [6.45, 7) is 2.30. The number of carbonyl (C=O) groups excluding carboxylic acids is 1. The first-order chi connectivity index (χ1) is 13.8.